The number of benzene rings is 1. The van der Waals surface area contributed by atoms with Crippen LogP contribution in [0.15, 0.2) is 29.3 Å². The first-order valence-corrected chi connectivity index (χ1v) is 4.50. The van der Waals surface area contributed by atoms with Gasteiger partial charge in [0.2, 0.25) is 0 Å². The number of fused-ring (bicyclic) bond motifs is 2. The molecule has 1 saturated carbocycles. The average Bonchev–Trinajstić information content (AvgIpc) is 2.87. The van der Waals surface area contributed by atoms with Crippen molar-refractivity contribution in [3.63, 3.8) is 0 Å². The Bertz CT molecular complexity index is 353. The molecule has 2 heteroatoms. The first kappa shape index (κ1) is 8.76. The molecule has 0 unspecified atom stereocenters. The highest BCUT2D eigenvalue weighted by atomic mass is 35.5. The molecule has 0 bridgehead atoms. The summed E-state index contributed by atoms with van der Waals surface area (Å²) in [5.41, 5.74) is 3.33. The highest BCUT2D eigenvalue weighted by molar-refractivity contribution is 5.85. The predicted molar refractivity (Wildman–Crippen MR) is 57.1 cm³/mol. The van der Waals surface area contributed by atoms with Gasteiger partial charge >= 0.3 is 0 Å². The Hall–Kier alpha value is -0.820. The maximum atomic E-state index is 4.41. The van der Waals surface area contributed by atoms with E-state index in [0.717, 1.165) is 6.54 Å². The molecule has 13 heavy (non-hydrogen) atoms. The van der Waals surface area contributed by atoms with Gasteiger partial charge in [0, 0.05) is 18.2 Å². The maximum absolute atomic E-state index is 4.41. The molecular formula is C11H12ClN. The van der Waals surface area contributed by atoms with Gasteiger partial charge in [0.15, 0.2) is 0 Å². The summed E-state index contributed by atoms with van der Waals surface area (Å²) >= 11 is 0. The van der Waals surface area contributed by atoms with Crippen molar-refractivity contribution < 1.29 is 0 Å². The van der Waals surface area contributed by atoms with E-state index in [1.54, 1.807) is 0 Å². The van der Waals surface area contributed by atoms with Crippen LogP contribution in [-0.2, 0) is 5.41 Å². The van der Waals surface area contributed by atoms with E-state index in [1.807, 2.05) is 6.21 Å². The Labute approximate surface area is 84.3 Å². The lowest BCUT2D eigenvalue weighted by Gasteiger charge is -2.19. The molecule has 3 rings (SSSR count). The van der Waals surface area contributed by atoms with Crippen LogP contribution in [-0.4, -0.2) is 12.8 Å². The van der Waals surface area contributed by atoms with Crippen molar-refractivity contribution in [3.05, 3.63) is 35.4 Å². The van der Waals surface area contributed by atoms with Crippen LogP contribution in [0.5, 0.6) is 0 Å². The van der Waals surface area contributed by atoms with E-state index in [9.17, 15) is 0 Å². The fourth-order valence-corrected chi connectivity index (χ4v) is 2.07. The molecule has 1 fully saturated rings. The number of nitrogens with zero attached hydrogens (tertiary/aromatic N) is 1. The fraction of sp³-hybridized carbons (Fsp3) is 0.364. The van der Waals surface area contributed by atoms with E-state index in [1.165, 1.54) is 24.0 Å². The molecule has 0 atom stereocenters. The summed E-state index contributed by atoms with van der Waals surface area (Å²) < 4.78 is 0. The molecule has 1 nitrogen and oxygen atoms in total. The van der Waals surface area contributed by atoms with Crippen LogP contribution in [0.3, 0.4) is 0 Å². The molecule has 0 N–H and O–H groups in total. The van der Waals surface area contributed by atoms with Gasteiger partial charge < -0.3 is 0 Å². The Balaban J connectivity index is 0.000000653. The molecule has 68 valence electrons. The summed E-state index contributed by atoms with van der Waals surface area (Å²) in [6.45, 7) is 1.02. The van der Waals surface area contributed by atoms with Crippen LogP contribution in [0.25, 0.3) is 0 Å². The molecule has 1 aliphatic heterocycles. The monoisotopic (exact) mass is 193 g/mol. The van der Waals surface area contributed by atoms with Gasteiger partial charge in [-0.3, -0.25) is 4.99 Å². The minimum atomic E-state index is 0. The maximum Gasteiger partial charge on any atom is 0.0486 e. The molecule has 1 aromatic carbocycles. The van der Waals surface area contributed by atoms with Crippen molar-refractivity contribution in [3.8, 4) is 0 Å². The number of rotatable bonds is 0. The second-order valence-electron chi connectivity index (χ2n) is 3.84. The number of aliphatic imine (C=N–C) groups is 1. The smallest absolute Gasteiger partial charge is 0.0486 e. The molecule has 1 aliphatic carbocycles. The Morgan fingerprint density at radius 3 is 2.69 bits per heavy atom. The minimum Gasteiger partial charge on any atom is -0.292 e. The zero-order valence-corrected chi connectivity index (χ0v) is 8.18. The number of hydrogen-bond acceptors (Lipinski definition) is 1. The summed E-state index contributed by atoms with van der Waals surface area (Å²) in [6.07, 6.45) is 4.68. The van der Waals surface area contributed by atoms with Crippen LogP contribution in [0.2, 0.25) is 0 Å². The van der Waals surface area contributed by atoms with E-state index < -0.39 is 0 Å². The lowest BCUT2D eigenvalue weighted by molar-refractivity contribution is 0.697. The van der Waals surface area contributed by atoms with E-state index in [0.29, 0.717) is 5.41 Å². The predicted octanol–water partition coefficient (Wildman–Crippen LogP) is 2.57. The summed E-state index contributed by atoms with van der Waals surface area (Å²) in [5, 5.41) is 0. The van der Waals surface area contributed by atoms with Gasteiger partial charge in [0.1, 0.15) is 0 Å². The van der Waals surface area contributed by atoms with Gasteiger partial charge in [-0.1, -0.05) is 24.3 Å². The van der Waals surface area contributed by atoms with Gasteiger partial charge in [0.25, 0.3) is 0 Å². The largest absolute Gasteiger partial charge is 0.292 e. The summed E-state index contributed by atoms with van der Waals surface area (Å²) in [5.74, 6) is 0. The first-order chi connectivity index (χ1) is 5.91. The van der Waals surface area contributed by atoms with Gasteiger partial charge in [-0.05, 0) is 24.0 Å². The molecule has 0 radical (unpaired) electrons. The summed E-state index contributed by atoms with van der Waals surface area (Å²) in [7, 11) is 0. The van der Waals surface area contributed by atoms with Gasteiger partial charge in [-0.2, -0.15) is 0 Å². The van der Waals surface area contributed by atoms with Gasteiger partial charge in [0.05, 0.1) is 0 Å². The third-order valence-corrected chi connectivity index (χ3v) is 3.01. The van der Waals surface area contributed by atoms with Crippen molar-refractivity contribution in [1.82, 2.24) is 0 Å². The molecule has 0 amide bonds. The highest BCUT2D eigenvalue weighted by Crippen LogP contribution is 2.50. The van der Waals surface area contributed by atoms with Gasteiger partial charge in [-0.15, -0.1) is 12.4 Å². The Morgan fingerprint density at radius 1 is 1.15 bits per heavy atom. The zero-order chi connectivity index (χ0) is 8.02. The van der Waals surface area contributed by atoms with E-state index in [4.69, 9.17) is 0 Å². The lowest BCUT2D eigenvalue weighted by Crippen LogP contribution is -2.17. The molecule has 1 aromatic rings. The van der Waals surface area contributed by atoms with E-state index in [2.05, 4.69) is 29.3 Å². The molecular weight excluding hydrogens is 182 g/mol. The average molecular weight is 194 g/mol. The van der Waals surface area contributed by atoms with Crippen molar-refractivity contribution >= 4 is 18.6 Å². The van der Waals surface area contributed by atoms with Crippen LogP contribution in [0.4, 0.5) is 0 Å². The van der Waals surface area contributed by atoms with Crippen LogP contribution < -0.4 is 0 Å². The normalized spacial score (nSPS) is 20.6. The van der Waals surface area contributed by atoms with Crippen molar-refractivity contribution in [1.29, 1.82) is 0 Å². The van der Waals surface area contributed by atoms with Crippen molar-refractivity contribution in [2.45, 2.75) is 18.3 Å². The van der Waals surface area contributed by atoms with E-state index >= 15 is 0 Å². The second-order valence-corrected chi connectivity index (χ2v) is 3.84. The summed E-state index contributed by atoms with van der Waals surface area (Å²) in [6, 6.07) is 8.65. The Kier molecular flexibility index (Phi) is 1.92. The highest BCUT2D eigenvalue weighted by Gasteiger charge is 2.46. The third-order valence-electron chi connectivity index (χ3n) is 3.01. The van der Waals surface area contributed by atoms with E-state index in [-0.39, 0.29) is 12.4 Å². The minimum absolute atomic E-state index is 0. The molecule has 2 aliphatic rings. The van der Waals surface area contributed by atoms with Gasteiger partial charge in [-0.25, -0.2) is 0 Å². The zero-order valence-electron chi connectivity index (χ0n) is 7.36. The number of halogens is 1. The molecule has 1 heterocycles. The summed E-state index contributed by atoms with van der Waals surface area (Å²) in [4.78, 5) is 4.41. The molecule has 0 aromatic heterocycles. The van der Waals surface area contributed by atoms with Crippen LogP contribution in [0.1, 0.15) is 24.0 Å². The van der Waals surface area contributed by atoms with Crippen molar-refractivity contribution in [2.24, 2.45) is 4.99 Å². The molecule has 1 spiro atoms. The SMILES string of the molecule is C1=NCC2(CC2)c2ccccc21.Cl. The lowest BCUT2D eigenvalue weighted by atomic mass is 9.90. The molecule has 0 saturated heterocycles. The quantitative estimate of drug-likeness (QED) is 0.601. The third kappa shape index (κ3) is 1.19. The topological polar surface area (TPSA) is 12.4 Å². The number of hydrogen-bond donors (Lipinski definition) is 0. The fourth-order valence-electron chi connectivity index (χ4n) is 2.07. The van der Waals surface area contributed by atoms with Crippen molar-refractivity contribution in [2.75, 3.05) is 6.54 Å². The first-order valence-electron chi connectivity index (χ1n) is 4.50. The second kappa shape index (κ2) is 2.85. The standard InChI is InChI=1S/C11H11N.ClH/c1-2-4-10-9(3-1)7-12-8-11(10)5-6-11;/h1-4,7H,5-6,8H2;1H. The van der Waals surface area contributed by atoms with Crippen LogP contribution >= 0.6 is 12.4 Å². The van der Waals surface area contributed by atoms with Crippen LogP contribution in [0, 0.1) is 0 Å². The Morgan fingerprint density at radius 2 is 1.92 bits per heavy atom.